The highest BCUT2D eigenvalue weighted by atomic mass is 16.5. The summed E-state index contributed by atoms with van der Waals surface area (Å²) in [6.07, 6.45) is 1.68. The quantitative estimate of drug-likeness (QED) is 0.818. The van der Waals surface area contributed by atoms with Crippen LogP contribution >= 0.6 is 0 Å². The lowest BCUT2D eigenvalue weighted by molar-refractivity contribution is 0.111. The van der Waals surface area contributed by atoms with Gasteiger partial charge in [-0.05, 0) is 18.9 Å². The summed E-state index contributed by atoms with van der Waals surface area (Å²) in [5, 5.41) is 4.30. The second kappa shape index (κ2) is 6.83. The molecule has 1 unspecified atom stereocenters. The number of hydrogen-bond acceptors (Lipinski definition) is 4. The van der Waals surface area contributed by atoms with Crippen LogP contribution in [0.5, 0.6) is 0 Å². The van der Waals surface area contributed by atoms with Gasteiger partial charge >= 0.3 is 0 Å². The maximum absolute atomic E-state index is 10.8. The third-order valence-electron chi connectivity index (χ3n) is 3.83. The molecule has 0 aliphatic carbocycles. The zero-order valence-electron chi connectivity index (χ0n) is 13.6. The second-order valence-corrected chi connectivity index (χ2v) is 5.95. The Labute approximate surface area is 131 Å². The van der Waals surface area contributed by atoms with Crippen molar-refractivity contribution in [2.75, 3.05) is 13.7 Å². The van der Waals surface area contributed by atoms with Gasteiger partial charge in [-0.2, -0.15) is 0 Å². The van der Waals surface area contributed by atoms with Crippen LogP contribution in [0.25, 0.3) is 0 Å². The van der Waals surface area contributed by atoms with Crippen LogP contribution in [0.15, 0.2) is 30.3 Å². The average Bonchev–Trinajstić information content (AvgIpc) is 3.07. The molecular weight excluding hydrogens is 278 g/mol. The Bertz CT molecular complexity index is 618. The molecule has 3 rings (SSSR count). The maximum Gasteiger partial charge on any atom is 0.214 e. The van der Waals surface area contributed by atoms with Crippen LogP contribution in [-0.4, -0.2) is 34.8 Å². The number of ether oxygens (including phenoxy) is 1. The summed E-state index contributed by atoms with van der Waals surface area (Å²) in [6, 6.07) is 10.4. The Morgan fingerprint density at radius 1 is 1.36 bits per heavy atom. The van der Waals surface area contributed by atoms with Crippen molar-refractivity contribution < 1.29 is 9.53 Å². The minimum absolute atomic E-state index is 0.0469. The lowest BCUT2D eigenvalue weighted by atomic mass is 9.87. The number of methoxy groups -OCH3 is 1. The van der Waals surface area contributed by atoms with Gasteiger partial charge in [0.25, 0.3) is 0 Å². The Morgan fingerprint density at radius 3 is 2.55 bits per heavy atom. The van der Waals surface area contributed by atoms with E-state index in [1.807, 2.05) is 29.8 Å². The van der Waals surface area contributed by atoms with Gasteiger partial charge in [-0.3, -0.25) is 4.79 Å². The third-order valence-corrected chi connectivity index (χ3v) is 3.83. The van der Waals surface area contributed by atoms with Crippen LogP contribution < -0.4 is 0 Å². The number of aldehydes is 1. The van der Waals surface area contributed by atoms with Crippen molar-refractivity contribution in [3.05, 3.63) is 47.5 Å². The summed E-state index contributed by atoms with van der Waals surface area (Å²) in [7, 11) is 1.68. The highest BCUT2D eigenvalue weighted by Crippen LogP contribution is 2.42. The van der Waals surface area contributed by atoms with E-state index in [0.29, 0.717) is 6.29 Å². The number of hydrogen-bond donors (Lipinski definition) is 0. The number of rotatable bonds is 3. The molecule has 0 N–H and O–H groups in total. The predicted molar refractivity (Wildman–Crippen MR) is 85.2 cm³/mol. The van der Waals surface area contributed by atoms with Crippen molar-refractivity contribution in [2.45, 2.75) is 38.6 Å². The largest absolute Gasteiger partial charge is 0.385 e. The summed E-state index contributed by atoms with van der Waals surface area (Å²) in [5.41, 5.74) is 1.17. The molecule has 2 heterocycles. The lowest BCUT2D eigenvalue weighted by Gasteiger charge is -2.16. The summed E-state index contributed by atoms with van der Waals surface area (Å²) >= 11 is 0. The van der Waals surface area contributed by atoms with Crippen LogP contribution in [0.2, 0.25) is 0 Å². The number of fused-ring (bicyclic) bond motifs is 1. The number of nitrogens with zero attached hydrogens (tertiary/aromatic N) is 3. The van der Waals surface area contributed by atoms with Gasteiger partial charge in [0.1, 0.15) is 5.82 Å². The Kier molecular flexibility index (Phi) is 5.08. The molecule has 0 fully saturated rings. The van der Waals surface area contributed by atoms with Gasteiger partial charge in [-0.1, -0.05) is 44.2 Å². The summed E-state index contributed by atoms with van der Waals surface area (Å²) in [5.74, 6) is 1.18. The molecular formula is C17H23N3O2. The molecule has 1 aromatic heterocycles. The van der Waals surface area contributed by atoms with Gasteiger partial charge in [-0.25, -0.2) is 9.67 Å². The first-order valence-corrected chi connectivity index (χ1v) is 7.49. The topological polar surface area (TPSA) is 57.0 Å². The molecule has 0 saturated heterocycles. The summed E-state index contributed by atoms with van der Waals surface area (Å²) in [6.45, 7) is 7.07. The molecule has 0 amide bonds. The number of carbonyl (C=O) groups excluding carboxylic acids is 1. The van der Waals surface area contributed by atoms with Crippen molar-refractivity contribution in [3.63, 3.8) is 0 Å². The molecule has 2 aromatic rings. The van der Waals surface area contributed by atoms with Crippen molar-refractivity contribution in [1.29, 1.82) is 0 Å². The zero-order valence-corrected chi connectivity index (χ0v) is 13.6. The first kappa shape index (κ1) is 16.4. The second-order valence-electron chi connectivity index (χ2n) is 5.95. The van der Waals surface area contributed by atoms with E-state index in [4.69, 9.17) is 0 Å². The molecule has 5 heteroatoms. The maximum atomic E-state index is 10.8. The first-order chi connectivity index (χ1) is 10.5. The van der Waals surface area contributed by atoms with E-state index in [9.17, 15) is 4.79 Å². The predicted octanol–water partition coefficient (Wildman–Crippen LogP) is 3.01. The minimum atomic E-state index is -0.0469. The van der Waals surface area contributed by atoms with Crippen LogP contribution in [0.4, 0.5) is 0 Å². The summed E-state index contributed by atoms with van der Waals surface area (Å²) < 4.78 is 6.44. The number of benzene rings is 1. The Hall–Kier alpha value is -2.01. The monoisotopic (exact) mass is 301 g/mol. The van der Waals surface area contributed by atoms with Gasteiger partial charge in [0, 0.05) is 19.1 Å². The summed E-state index contributed by atoms with van der Waals surface area (Å²) in [4.78, 5) is 15.1. The van der Waals surface area contributed by atoms with Crippen molar-refractivity contribution >= 4 is 6.29 Å². The van der Waals surface area contributed by atoms with Gasteiger partial charge in [0.2, 0.25) is 5.82 Å². The average molecular weight is 301 g/mol. The van der Waals surface area contributed by atoms with E-state index in [2.05, 4.69) is 40.8 Å². The van der Waals surface area contributed by atoms with Crippen LogP contribution in [0.3, 0.4) is 0 Å². The lowest BCUT2D eigenvalue weighted by Crippen LogP contribution is -2.14. The molecule has 5 nitrogen and oxygen atoms in total. The van der Waals surface area contributed by atoms with Crippen molar-refractivity contribution in [1.82, 2.24) is 14.8 Å². The molecule has 22 heavy (non-hydrogen) atoms. The molecule has 0 radical (unpaired) electrons. The number of aromatic nitrogens is 3. The van der Waals surface area contributed by atoms with Gasteiger partial charge in [0.05, 0.1) is 6.04 Å². The molecule has 1 atom stereocenters. The van der Waals surface area contributed by atoms with E-state index in [0.717, 1.165) is 18.9 Å². The van der Waals surface area contributed by atoms with Gasteiger partial charge in [-0.15, -0.1) is 5.10 Å². The van der Waals surface area contributed by atoms with E-state index >= 15 is 0 Å². The molecule has 0 spiro atoms. The SMILES string of the molecule is CC1(C)CC(c2ccccc2)n2nc(C=O)nc21.CCOC. The molecule has 1 aliphatic heterocycles. The minimum Gasteiger partial charge on any atom is -0.385 e. The fourth-order valence-electron chi connectivity index (χ4n) is 2.66. The van der Waals surface area contributed by atoms with Gasteiger partial charge in [0.15, 0.2) is 6.29 Å². The molecule has 0 bridgehead atoms. The normalized spacial score (nSPS) is 18.3. The number of carbonyl (C=O) groups is 1. The fraction of sp³-hybridized carbons (Fsp3) is 0.471. The highest BCUT2D eigenvalue weighted by Gasteiger charge is 2.40. The van der Waals surface area contributed by atoms with E-state index in [1.54, 1.807) is 7.11 Å². The van der Waals surface area contributed by atoms with Crippen LogP contribution in [-0.2, 0) is 10.2 Å². The van der Waals surface area contributed by atoms with E-state index in [-0.39, 0.29) is 17.3 Å². The smallest absolute Gasteiger partial charge is 0.214 e. The first-order valence-electron chi connectivity index (χ1n) is 7.49. The molecule has 1 aromatic carbocycles. The fourth-order valence-corrected chi connectivity index (χ4v) is 2.66. The van der Waals surface area contributed by atoms with E-state index in [1.165, 1.54) is 5.56 Å². The zero-order chi connectivity index (χ0) is 16.2. The van der Waals surface area contributed by atoms with Crippen molar-refractivity contribution in [3.8, 4) is 0 Å². The molecule has 1 aliphatic rings. The highest BCUT2D eigenvalue weighted by molar-refractivity contribution is 5.68. The molecule has 118 valence electrons. The Morgan fingerprint density at radius 2 is 2.00 bits per heavy atom. The third kappa shape index (κ3) is 3.25. The van der Waals surface area contributed by atoms with E-state index < -0.39 is 0 Å². The Balaban J connectivity index is 0.000000396. The van der Waals surface area contributed by atoms with Crippen LogP contribution in [0, 0.1) is 0 Å². The van der Waals surface area contributed by atoms with Crippen LogP contribution in [0.1, 0.15) is 55.2 Å². The van der Waals surface area contributed by atoms with Crippen molar-refractivity contribution in [2.24, 2.45) is 0 Å². The van der Waals surface area contributed by atoms with Gasteiger partial charge < -0.3 is 4.74 Å². The molecule has 0 saturated carbocycles. The standard InChI is InChI=1S/C14H15N3O.C3H8O/c1-14(2)8-11(10-6-4-3-5-7-10)17-13(14)15-12(9-18)16-17;1-3-4-2/h3-7,9,11H,8H2,1-2H3;3H2,1-2H3.